The van der Waals surface area contributed by atoms with E-state index in [4.69, 9.17) is 9.84 Å². The Kier molecular flexibility index (Phi) is 5.85. The minimum Gasteiger partial charge on any atom is -0.494 e. The number of amides is 1. The molecule has 0 saturated carbocycles. The van der Waals surface area contributed by atoms with Gasteiger partial charge in [-0.05, 0) is 56.4 Å². The minimum atomic E-state index is -0.0170. The van der Waals surface area contributed by atoms with Gasteiger partial charge in [-0.1, -0.05) is 13.8 Å². The number of aromatic hydroxyl groups is 1. The molecule has 0 fully saturated rings. The van der Waals surface area contributed by atoms with E-state index in [0.29, 0.717) is 24.8 Å². The summed E-state index contributed by atoms with van der Waals surface area (Å²) in [4.78, 5) is 17.4. The molecule has 0 radical (unpaired) electrons. The summed E-state index contributed by atoms with van der Waals surface area (Å²) in [5.41, 5.74) is 6.83. The molecular formula is C30H35N5O3. The number of rotatable bonds is 7. The summed E-state index contributed by atoms with van der Waals surface area (Å²) in [6, 6.07) is 6.13. The van der Waals surface area contributed by atoms with E-state index in [1.165, 1.54) is 11.1 Å². The van der Waals surface area contributed by atoms with Gasteiger partial charge < -0.3 is 24.3 Å². The summed E-state index contributed by atoms with van der Waals surface area (Å²) >= 11 is 0. The number of carbonyl (C=O) groups is 1. The quantitative estimate of drug-likeness (QED) is 0.306. The van der Waals surface area contributed by atoms with Crippen LogP contribution in [0.25, 0.3) is 43.7 Å². The van der Waals surface area contributed by atoms with Crippen LogP contribution in [0.4, 0.5) is 0 Å². The van der Waals surface area contributed by atoms with Crippen LogP contribution in [0.3, 0.4) is 0 Å². The van der Waals surface area contributed by atoms with Gasteiger partial charge in [0, 0.05) is 71.9 Å². The van der Waals surface area contributed by atoms with Crippen molar-refractivity contribution >= 4 is 38.5 Å². The molecule has 1 amide bonds. The van der Waals surface area contributed by atoms with E-state index in [1.807, 2.05) is 37.8 Å². The van der Waals surface area contributed by atoms with Crippen LogP contribution in [-0.2, 0) is 31.2 Å². The Morgan fingerprint density at radius 3 is 2.71 bits per heavy atom. The molecule has 8 nitrogen and oxygen atoms in total. The lowest BCUT2D eigenvalue weighted by Gasteiger charge is -2.21. The molecule has 8 heteroatoms. The van der Waals surface area contributed by atoms with E-state index in [9.17, 15) is 9.90 Å². The molecule has 38 heavy (non-hydrogen) atoms. The molecule has 5 aromatic rings. The molecule has 6 rings (SSSR count). The number of nitrogens with zero attached hydrogens (tertiary/aromatic N) is 4. The monoisotopic (exact) mass is 513 g/mol. The maximum atomic E-state index is 12.6. The summed E-state index contributed by atoms with van der Waals surface area (Å²) in [6.07, 6.45) is 5.69. The van der Waals surface area contributed by atoms with Gasteiger partial charge in [-0.2, -0.15) is 5.10 Å². The van der Waals surface area contributed by atoms with Gasteiger partial charge in [-0.3, -0.25) is 9.48 Å². The Hall–Kier alpha value is -3.94. The topological polar surface area (TPSA) is 88.3 Å². The Morgan fingerprint density at radius 2 is 1.97 bits per heavy atom. The number of aryl methyl sites for hydroxylation is 3. The van der Waals surface area contributed by atoms with Gasteiger partial charge in [0.05, 0.1) is 16.6 Å². The lowest BCUT2D eigenvalue weighted by molar-refractivity contribution is -0.132. The van der Waals surface area contributed by atoms with Crippen molar-refractivity contribution in [1.82, 2.24) is 24.2 Å². The second kappa shape index (κ2) is 9.11. The average Bonchev–Trinajstić information content (AvgIpc) is 3.56. The van der Waals surface area contributed by atoms with E-state index >= 15 is 0 Å². The SMILES string of the molecule is CCN(CC)C(=O)COc1ccc2c(c1)c1c3c[nH]c(O)c3c3c(c1n2CC(C)C)CCc1nn(C)cc1-3. The van der Waals surface area contributed by atoms with Crippen molar-refractivity contribution in [3.05, 3.63) is 41.9 Å². The van der Waals surface area contributed by atoms with E-state index in [2.05, 4.69) is 41.7 Å². The molecule has 0 spiro atoms. The van der Waals surface area contributed by atoms with E-state index < -0.39 is 0 Å². The van der Waals surface area contributed by atoms with Crippen molar-refractivity contribution < 1.29 is 14.6 Å². The molecule has 1 aliphatic rings. The van der Waals surface area contributed by atoms with Gasteiger partial charge in [0.25, 0.3) is 5.91 Å². The molecule has 0 bridgehead atoms. The summed E-state index contributed by atoms with van der Waals surface area (Å²) < 4.78 is 10.3. The predicted octanol–water partition coefficient (Wildman–Crippen LogP) is 5.38. The maximum absolute atomic E-state index is 12.6. The van der Waals surface area contributed by atoms with Crippen LogP contribution < -0.4 is 4.74 Å². The van der Waals surface area contributed by atoms with Crippen molar-refractivity contribution in [2.75, 3.05) is 19.7 Å². The number of aromatic amines is 1. The Bertz CT molecular complexity index is 1700. The number of benzene rings is 2. The zero-order valence-electron chi connectivity index (χ0n) is 22.8. The molecule has 2 aromatic carbocycles. The highest BCUT2D eigenvalue weighted by Crippen LogP contribution is 2.49. The third-order valence-corrected chi connectivity index (χ3v) is 7.81. The largest absolute Gasteiger partial charge is 0.494 e. The first-order valence-corrected chi connectivity index (χ1v) is 13.6. The van der Waals surface area contributed by atoms with Crippen LogP contribution in [0, 0.1) is 5.92 Å². The summed E-state index contributed by atoms with van der Waals surface area (Å²) in [5, 5.41) is 19.7. The standard InChI is InChI=1S/C30H35N5O3/c1-6-34(7-2)25(36)16-38-18-8-11-24-20(12-18)27-21-13-31-30(37)28(21)26-19(29(27)35(24)14-17(3)4)9-10-23-22(26)15-33(5)32-23/h8,11-13,15,17,31,37H,6-7,9-10,14,16H2,1-5H3. The van der Waals surface area contributed by atoms with Crippen molar-refractivity contribution in [1.29, 1.82) is 0 Å². The van der Waals surface area contributed by atoms with Gasteiger partial charge in [-0.25, -0.2) is 0 Å². The van der Waals surface area contributed by atoms with Crippen molar-refractivity contribution in [2.45, 2.75) is 47.1 Å². The van der Waals surface area contributed by atoms with Crippen LogP contribution in [-0.4, -0.2) is 54.9 Å². The Labute approximate surface area is 221 Å². The molecule has 2 N–H and O–H groups in total. The number of H-pyrrole nitrogens is 1. The second-order valence-electron chi connectivity index (χ2n) is 10.7. The lowest BCUT2D eigenvalue weighted by Crippen LogP contribution is -2.34. The first-order valence-electron chi connectivity index (χ1n) is 13.6. The molecule has 0 saturated heterocycles. The number of hydrogen-bond acceptors (Lipinski definition) is 4. The van der Waals surface area contributed by atoms with Gasteiger partial charge in [-0.15, -0.1) is 0 Å². The van der Waals surface area contributed by atoms with Gasteiger partial charge >= 0.3 is 0 Å². The lowest BCUT2D eigenvalue weighted by atomic mass is 9.85. The zero-order valence-corrected chi connectivity index (χ0v) is 22.8. The fourth-order valence-corrected chi connectivity index (χ4v) is 6.22. The number of aromatic nitrogens is 4. The van der Waals surface area contributed by atoms with Crippen LogP contribution in [0.1, 0.15) is 39.0 Å². The zero-order chi connectivity index (χ0) is 26.7. The summed E-state index contributed by atoms with van der Waals surface area (Å²) in [7, 11) is 1.95. The van der Waals surface area contributed by atoms with Crippen LogP contribution in [0.2, 0.25) is 0 Å². The highest BCUT2D eigenvalue weighted by molar-refractivity contribution is 6.26. The molecule has 0 unspecified atom stereocenters. The number of likely N-dealkylation sites (N-methyl/N-ethyl adjacent to an activating group) is 1. The van der Waals surface area contributed by atoms with Crippen LogP contribution in [0.15, 0.2) is 30.6 Å². The average molecular weight is 514 g/mol. The number of hydrogen-bond donors (Lipinski definition) is 2. The third kappa shape index (κ3) is 3.65. The third-order valence-electron chi connectivity index (χ3n) is 7.81. The highest BCUT2D eigenvalue weighted by atomic mass is 16.5. The minimum absolute atomic E-state index is 0.0113. The van der Waals surface area contributed by atoms with Crippen molar-refractivity contribution in [3.63, 3.8) is 0 Å². The van der Waals surface area contributed by atoms with Crippen molar-refractivity contribution in [2.24, 2.45) is 13.0 Å². The van der Waals surface area contributed by atoms with E-state index in [-0.39, 0.29) is 18.4 Å². The fourth-order valence-electron chi connectivity index (χ4n) is 6.22. The van der Waals surface area contributed by atoms with Crippen LogP contribution >= 0.6 is 0 Å². The number of nitrogens with one attached hydrogen (secondary N) is 1. The van der Waals surface area contributed by atoms with Gasteiger partial charge in [0.1, 0.15) is 5.75 Å². The number of carbonyl (C=O) groups excluding carboxylic acids is 1. The first kappa shape index (κ1) is 24.4. The summed E-state index contributed by atoms with van der Waals surface area (Å²) in [6.45, 7) is 10.6. The Morgan fingerprint density at radius 1 is 1.18 bits per heavy atom. The predicted molar refractivity (Wildman–Crippen MR) is 151 cm³/mol. The normalized spacial score (nSPS) is 13.0. The van der Waals surface area contributed by atoms with Crippen molar-refractivity contribution in [3.8, 4) is 22.8 Å². The van der Waals surface area contributed by atoms with E-state index in [0.717, 1.165) is 63.3 Å². The van der Waals surface area contributed by atoms with E-state index in [1.54, 1.807) is 4.90 Å². The second-order valence-corrected chi connectivity index (χ2v) is 10.7. The summed E-state index contributed by atoms with van der Waals surface area (Å²) in [5.74, 6) is 1.27. The number of ether oxygens (including phenoxy) is 1. The van der Waals surface area contributed by atoms with Gasteiger partial charge in [0.2, 0.25) is 0 Å². The molecular weight excluding hydrogens is 478 g/mol. The molecule has 0 aliphatic heterocycles. The smallest absolute Gasteiger partial charge is 0.260 e. The molecule has 1 aliphatic carbocycles. The first-order chi connectivity index (χ1) is 18.3. The molecule has 0 atom stereocenters. The molecule has 3 aromatic heterocycles. The number of fused-ring (bicyclic) bond motifs is 10. The van der Waals surface area contributed by atoms with Gasteiger partial charge in [0.15, 0.2) is 12.5 Å². The fraction of sp³-hybridized carbons (Fsp3) is 0.400. The highest BCUT2D eigenvalue weighted by Gasteiger charge is 2.30. The molecule has 3 heterocycles. The van der Waals surface area contributed by atoms with Crippen LogP contribution in [0.5, 0.6) is 11.6 Å². The Balaban J connectivity index is 1.61. The molecule has 198 valence electrons. The maximum Gasteiger partial charge on any atom is 0.260 e.